The van der Waals surface area contributed by atoms with E-state index in [1.54, 1.807) is 11.8 Å². The highest BCUT2D eigenvalue weighted by Gasteiger charge is 2.34. The number of nitrogens with one attached hydrogen (secondary N) is 1. The summed E-state index contributed by atoms with van der Waals surface area (Å²) in [4.78, 5) is 29.2. The molecular weight excluding hydrogens is 533 g/mol. The Hall–Kier alpha value is -3.92. The van der Waals surface area contributed by atoms with Gasteiger partial charge in [-0.15, -0.1) is 0 Å². The zero-order chi connectivity index (χ0) is 29.6. The van der Waals surface area contributed by atoms with Crippen LogP contribution in [0.5, 0.6) is 0 Å². The van der Waals surface area contributed by atoms with Crippen LogP contribution in [0.25, 0.3) is 11.1 Å². The van der Waals surface area contributed by atoms with E-state index in [2.05, 4.69) is 45.5 Å². The van der Waals surface area contributed by atoms with Gasteiger partial charge in [-0.25, -0.2) is 4.98 Å². The predicted octanol–water partition coefficient (Wildman–Crippen LogP) is 6.75. The van der Waals surface area contributed by atoms with Crippen molar-refractivity contribution in [2.45, 2.75) is 64.3 Å². The second-order valence-electron chi connectivity index (χ2n) is 10.5. The number of hydrogen-bond acceptors (Lipinski definition) is 5. The topological polar surface area (TPSA) is 85.8 Å². The number of likely N-dealkylation sites (tertiary alicyclic amines) is 1. The zero-order valence-corrected chi connectivity index (χ0v) is 23.2. The lowest BCUT2D eigenvalue weighted by Crippen LogP contribution is -2.43. The molecule has 0 spiro atoms. The van der Waals surface area contributed by atoms with E-state index in [1.165, 1.54) is 30.9 Å². The summed E-state index contributed by atoms with van der Waals surface area (Å²) < 4.78 is 39.0. The molecular formula is C31H35F3N4O3. The average Bonchev–Trinajstić information content (AvgIpc) is 2.94. The Bertz CT molecular complexity index is 1320. The number of halogens is 3. The van der Waals surface area contributed by atoms with Crippen LogP contribution in [-0.2, 0) is 22.3 Å². The number of benzene rings is 2. The number of carbonyl (C=O) groups is 2. The normalized spacial score (nSPS) is 19.0. The van der Waals surface area contributed by atoms with Crippen LogP contribution in [0.2, 0.25) is 0 Å². The van der Waals surface area contributed by atoms with Gasteiger partial charge in [0.1, 0.15) is 5.82 Å². The molecule has 2 N–H and O–H groups in total. The third kappa shape index (κ3) is 7.43. The van der Waals surface area contributed by atoms with Gasteiger partial charge in [0, 0.05) is 31.4 Å². The lowest BCUT2D eigenvalue weighted by atomic mass is 9.89. The molecule has 3 aromatic rings. The van der Waals surface area contributed by atoms with Crippen molar-refractivity contribution in [3.63, 3.8) is 0 Å². The lowest BCUT2D eigenvalue weighted by molar-refractivity contribution is -0.137. The molecule has 0 bridgehead atoms. The maximum absolute atomic E-state index is 13.0. The molecule has 10 heteroatoms. The molecule has 2 aliphatic heterocycles. The summed E-state index contributed by atoms with van der Waals surface area (Å²) in [7, 11) is 0. The summed E-state index contributed by atoms with van der Waals surface area (Å²) in [5.74, 6) is 0.324. The second kappa shape index (κ2) is 13.2. The molecule has 2 atom stereocenters. The van der Waals surface area contributed by atoms with Crippen LogP contribution in [0.4, 0.5) is 24.7 Å². The van der Waals surface area contributed by atoms with E-state index < -0.39 is 11.7 Å². The summed E-state index contributed by atoms with van der Waals surface area (Å²) in [6.45, 7) is 6.55. The van der Waals surface area contributed by atoms with Gasteiger partial charge in [-0.3, -0.25) is 14.5 Å². The fourth-order valence-corrected chi connectivity index (χ4v) is 5.66. The number of rotatable bonds is 5. The van der Waals surface area contributed by atoms with Gasteiger partial charge in [-0.05, 0) is 85.8 Å². The summed E-state index contributed by atoms with van der Waals surface area (Å²) in [6, 6.07) is 16.8. The highest BCUT2D eigenvalue weighted by molar-refractivity contribution is 5.94. The Morgan fingerprint density at radius 3 is 2.29 bits per heavy atom. The molecule has 1 fully saturated rings. The first kappa shape index (κ1) is 30.0. The van der Waals surface area contributed by atoms with E-state index in [9.17, 15) is 18.0 Å². The smallest absolute Gasteiger partial charge is 0.417 e. The molecule has 7 nitrogen and oxygen atoms in total. The highest BCUT2D eigenvalue weighted by Crippen LogP contribution is 2.41. The quantitative estimate of drug-likeness (QED) is 0.331. The first-order chi connectivity index (χ1) is 19.6. The number of fused-ring (bicyclic) bond motifs is 1. The highest BCUT2D eigenvalue weighted by atomic mass is 19.4. The Labute approximate surface area is 238 Å². The van der Waals surface area contributed by atoms with E-state index in [-0.39, 0.29) is 24.5 Å². The van der Waals surface area contributed by atoms with Crippen molar-refractivity contribution < 1.29 is 27.9 Å². The summed E-state index contributed by atoms with van der Waals surface area (Å²) in [5, 5.41) is 10.2. The molecule has 0 aliphatic carbocycles. The fourth-order valence-electron chi connectivity index (χ4n) is 5.66. The minimum Gasteiger partial charge on any atom is -0.483 e. The molecule has 3 heterocycles. The number of alkyl halides is 3. The van der Waals surface area contributed by atoms with Crippen LogP contribution in [0.15, 0.2) is 60.8 Å². The monoisotopic (exact) mass is 568 g/mol. The SMILES string of the molecule is CC(=O)N1c2ccc(-c3ccc(CN4CCCCC4)cc3)cc2[C@H](Nc2ccc(C(F)(F)F)cn2)C[C@@H]1C.O=CO. The van der Waals surface area contributed by atoms with E-state index in [0.717, 1.165) is 54.3 Å². The van der Waals surface area contributed by atoms with Crippen molar-refractivity contribution in [3.05, 3.63) is 77.5 Å². The number of piperidine rings is 1. The molecule has 2 aliphatic rings. The molecule has 5 rings (SSSR count). The molecule has 218 valence electrons. The standard InChI is InChI=1S/C30H33F3N4O.CH2O2/c1-20-16-27(35-29-13-11-25(18-34-29)30(31,32)33)26-17-24(10-12-28(26)37(20)21(2)38)23-8-6-22(7-9-23)19-36-14-4-3-5-15-36;2-1-3/h6-13,17-18,20,27H,3-5,14-16,19H2,1-2H3,(H,34,35);1H,(H,2,3)/t20-,27+;/m0./s1. The third-order valence-electron chi connectivity index (χ3n) is 7.57. The van der Waals surface area contributed by atoms with Crippen molar-refractivity contribution in [1.29, 1.82) is 0 Å². The van der Waals surface area contributed by atoms with Crippen LogP contribution >= 0.6 is 0 Å². The fraction of sp³-hybridized carbons (Fsp3) is 0.387. The summed E-state index contributed by atoms with van der Waals surface area (Å²) in [6.07, 6.45) is 0.865. The minimum absolute atomic E-state index is 0.0420. The molecule has 2 aromatic carbocycles. The van der Waals surface area contributed by atoms with Crippen molar-refractivity contribution in [2.24, 2.45) is 0 Å². The van der Waals surface area contributed by atoms with E-state index in [0.29, 0.717) is 12.2 Å². The van der Waals surface area contributed by atoms with Crippen LogP contribution in [0.3, 0.4) is 0 Å². The van der Waals surface area contributed by atoms with Gasteiger partial charge in [0.15, 0.2) is 0 Å². The predicted molar refractivity (Wildman–Crippen MR) is 153 cm³/mol. The molecule has 1 aromatic heterocycles. The Morgan fingerprint density at radius 2 is 1.71 bits per heavy atom. The minimum atomic E-state index is -4.43. The number of nitrogens with zero attached hydrogens (tertiary/aromatic N) is 3. The maximum atomic E-state index is 13.0. The van der Waals surface area contributed by atoms with E-state index in [1.807, 2.05) is 19.1 Å². The number of pyridine rings is 1. The van der Waals surface area contributed by atoms with Gasteiger partial charge in [-0.2, -0.15) is 13.2 Å². The number of hydrogen-bond donors (Lipinski definition) is 2. The lowest BCUT2D eigenvalue weighted by Gasteiger charge is -2.39. The van der Waals surface area contributed by atoms with Gasteiger partial charge < -0.3 is 15.3 Å². The molecule has 1 saturated heterocycles. The first-order valence-corrected chi connectivity index (χ1v) is 13.7. The van der Waals surface area contributed by atoms with Gasteiger partial charge in [0.2, 0.25) is 5.91 Å². The number of amides is 1. The summed E-state index contributed by atoms with van der Waals surface area (Å²) in [5.41, 5.74) is 4.35. The number of anilines is 2. The van der Waals surface area contributed by atoms with E-state index in [4.69, 9.17) is 9.90 Å². The van der Waals surface area contributed by atoms with Crippen molar-refractivity contribution in [1.82, 2.24) is 9.88 Å². The van der Waals surface area contributed by atoms with E-state index >= 15 is 0 Å². The van der Waals surface area contributed by atoms with Crippen LogP contribution in [0.1, 0.15) is 62.3 Å². The molecule has 1 amide bonds. The van der Waals surface area contributed by atoms with Crippen LogP contribution in [-0.4, -0.2) is 46.5 Å². The number of carbonyl (C=O) groups excluding carboxylic acids is 1. The third-order valence-corrected chi connectivity index (χ3v) is 7.57. The molecule has 41 heavy (non-hydrogen) atoms. The molecule has 0 unspecified atom stereocenters. The Kier molecular flexibility index (Phi) is 9.65. The largest absolute Gasteiger partial charge is 0.483 e. The van der Waals surface area contributed by atoms with Crippen LogP contribution in [0, 0.1) is 0 Å². The van der Waals surface area contributed by atoms with Crippen molar-refractivity contribution in [2.75, 3.05) is 23.3 Å². The van der Waals surface area contributed by atoms with Gasteiger partial charge in [-0.1, -0.05) is 36.8 Å². The summed E-state index contributed by atoms with van der Waals surface area (Å²) >= 11 is 0. The Morgan fingerprint density at radius 1 is 1.05 bits per heavy atom. The first-order valence-electron chi connectivity index (χ1n) is 13.7. The molecule has 0 radical (unpaired) electrons. The molecule has 0 saturated carbocycles. The maximum Gasteiger partial charge on any atom is 0.417 e. The second-order valence-corrected chi connectivity index (χ2v) is 10.5. The van der Waals surface area contributed by atoms with Crippen molar-refractivity contribution in [3.8, 4) is 11.1 Å². The van der Waals surface area contributed by atoms with Crippen LogP contribution < -0.4 is 10.2 Å². The van der Waals surface area contributed by atoms with Gasteiger partial charge >= 0.3 is 6.18 Å². The van der Waals surface area contributed by atoms with Gasteiger partial charge in [0.05, 0.1) is 11.6 Å². The number of aromatic nitrogens is 1. The average molecular weight is 569 g/mol. The Balaban J connectivity index is 0.00000124. The zero-order valence-electron chi connectivity index (χ0n) is 23.2. The van der Waals surface area contributed by atoms with Gasteiger partial charge in [0.25, 0.3) is 6.47 Å². The number of carboxylic acid groups (broad SMARTS) is 1. The van der Waals surface area contributed by atoms with Crippen molar-refractivity contribution >= 4 is 23.9 Å².